The third-order valence-corrected chi connectivity index (χ3v) is 6.91. The van der Waals surface area contributed by atoms with Crippen LogP contribution in [-0.2, 0) is 10.0 Å². The lowest BCUT2D eigenvalue weighted by molar-refractivity contribution is 0.102. The summed E-state index contributed by atoms with van der Waals surface area (Å²) in [7, 11) is -2.19. The van der Waals surface area contributed by atoms with E-state index in [0.29, 0.717) is 0 Å². The van der Waals surface area contributed by atoms with Gasteiger partial charge in [-0.15, -0.1) is 0 Å². The van der Waals surface area contributed by atoms with Gasteiger partial charge < -0.3 is 10.3 Å². The van der Waals surface area contributed by atoms with Gasteiger partial charge in [-0.3, -0.25) is 9.59 Å². The first-order valence-electron chi connectivity index (χ1n) is 8.97. The highest BCUT2D eigenvalue weighted by Crippen LogP contribution is 2.29. The number of pyridine rings is 1. The van der Waals surface area contributed by atoms with Crippen LogP contribution in [0.1, 0.15) is 42.5 Å². The van der Waals surface area contributed by atoms with Crippen LogP contribution >= 0.6 is 0 Å². The maximum absolute atomic E-state index is 13.1. The fourth-order valence-corrected chi connectivity index (χ4v) is 4.94. The number of para-hydroxylation sites is 1. The quantitative estimate of drug-likeness (QED) is 0.821. The fourth-order valence-electron chi connectivity index (χ4n) is 3.38. The molecule has 7 nitrogen and oxygen atoms in total. The summed E-state index contributed by atoms with van der Waals surface area (Å²) in [4.78, 5) is 26.7. The van der Waals surface area contributed by atoms with Crippen LogP contribution in [0.3, 0.4) is 0 Å². The van der Waals surface area contributed by atoms with E-state index in [4.69, 9.17) is 0 Å². The van der Waals surface area contributed by atoms with Gasteiger partial charge in [0.25, 0.3) is 11.5 Å². The third-order valence-electron chi connectivity index (χ3n) is 4.94. The first-order valence-corrected chi connectivity index (χ1v) is 10.4. The molecule has 0 aliphatic heterocycles. The first kappa shape index (κ1) is 19.3. The Morgan fingerprint density at radius 2 is 1.81 bits per heavy atom. The molecule has 1 aliphatic rings. The van der Waals surface area contributed by atoms with Crippen LogP contribution in [0, 0.1) is 0 Å². The average Bonchev–Trinajstić information content (AvgIpc) is 2.68. The summed E-state index contributed by atoms with van der Waals surface area (Å²) in [6, 6.07) is 9.15. The number of sulfonamides is 1. The fraction of sp³-hybridized carbons (Fsp3) is 0.368. The smallest absolute Gasteiger partial charge is 0.261 e. The molecule has 27 heavy (non-hydrogen) atoms. The lowest BCUT2D eigenvalue weighted by atomic mass is 9.96. The van der Waals surface area contributed by atoms with Crippen molar-refractivity contribution >= 4 is 21.6 Å². The van der Waals surface area contributed by atoms with Crippen molar-refractivity contribution in [2.45, 2.75) is 43.0 Å². The van der Waals surface area contributed by atoms with E-state index >= 15 is 0 Å². The molecule has 1 saturated carbocycles. The largest absolute Gasteiger partial charge is 0.328 e. The lowest BCUT2D eigenvalue weighted by Crippen LogP contribution is -2.38. The number of aromatic nitrogens is 1. The second-order valence-electron chi connectivity index (χ2n) is 6.68. The van der Waals surface area contributed by atoms with Gasteiger partial charge in [0.1, 0.15) is 10.5 Å². The standard InChI is InChI=1S/C19H23N3O4S/c1-22(14-8-3-2-4-9-14)27(25,26)17-12-6-5-11-16(17)21-19(24)15-10-7-13-20-18(15)23/h5-7,10-14H,2-4,8-9H2,1H3,(H,20,23)(H,21,24). The number of hydrogen-bond acceptors (Lipinski definition) is 4. The van der Waals surface area contributed by atoms with Gasteiger partial charge in [0.15, 0.2) is 0 Å². The molecular formula is C19H23N3O4S. The summed E-state index contributed by atoms with van der Waals surface area (Å²) < 4.78 is 27.7. The van der Waals surface area contributed by atoms with Crippen LogP contribution < -0.4 is 10.9 Å². The molecule has 0 spiro atoms. The van der Waals surface area contributed by atoms with Gasteiger partial charge in [0.2, 0.25) is 10.0 Å². The summed E-state index contributed by atoms with van der Waals surface area (Å²) in [5.74, 6) is -0.653. The van der Waals surface area contributed by atoms with Gasteiger partial charge in [-0.1, -0.05) is 31.4 Å². The molecule has 1 aromatic heterocycles. The van der Waals surface area contributed by atoms with Crippen molar-refractivity contribution in [1.29, 1.82) is 0 Å². The number of aromatic amines is 1. The zero-order chi connectivity index (χ0) is 19.4. The summed E-state index contributed by atoms with van der Waals surface area (Å²) in [5.41, 5.74) is -0.451. The Hall–Kier alpha value is -2.45. The average molecular weight is 389 g/mol. The number of carbonyl (C=O) groups is 1. The summed E-state index contributed by atoms with van der Waals surface area (Å²) in [5, 5.41) is 2.57. The van der Waals surface area contributed by atoms with E-state index in [1.54, 1.807) is 19.2 Å². The number of nitrogens with one attached hydrogen (secondary N) is 2. The molecule has 3 rings (SSSR count). The molecule has 1 amide bonds. The number of anilines is 1. The predicted octanol–water partition coefficient (Wildman–Crippen LogP) is 2.58. The zero-order valence-corrected chi connectivity index (χ0v) is 16.0. The zero-order valence-electron chi connectivity index (χ0n) is 15.1. The Morgan fingerprint density at radius 1 is 1.11 bits per heavy atom. The van der Waals surface area contributed by atoms with Gasteiger partial charge >= 0.3 is 0 Å². The maximum atomic E-state index is 13.1. The Bertz CT molecular complexity index is 978. The first-order chi connectivity index (χ1) is 12.9. The van der Waals surface area contributed by atoms with E-state index in [1.807, 2.05) is 0 Å². The summed E-state index contributed by atoms with van der Waals surface area (Å²) in [6.45, 7) is 0. The molecule has 144 valence electrons. The number of amides is 1. The highest BCUT2D eigenvalue weighted by Gasteiger charge is 2.31. The van der Waals surface area contributed by atoms with Crippen molar-refractivity contribution in [1.82, 2.24) is 9.29 Å². The molecule has 8 heteroatoms. The third kappa shape index (κ3) is 4.12. The minimum atomic E-state index is -3.77. The van der Waals surface area contributed by atoms with Gasteiger partial charge in [0, 0.05) is 19.3 Å². The number of nitrogens with zero attached hydrogens (tertiary/aromatic N) is 1. The molecule has 0 radical (unpaired) electrons. The molecule has 1 aliphatic carbocycles. The number of hydrogen-bond donors (Lipinski definition) is 2. The maximum Gasteiger partial charge on any atom is 0.261 e. The molecule has 2 aromatic rings. The van der Waals surface area contributed by atoms with Crippen LogP contribution in [0.2, 0.25) is 0 Å². The van der Waals surface area contributed by atoms with E-state index in [2.05, 4.69) is 10.3 Å². The Labute approximate surface area is 158 Å². The minimum absolute atomic E-state index is 0.0267. The number of benzene rings is 1. The van der Waals surface area contributed by atoms with E-state index in [1.165, 1.54) is 34.8 Å². The molecular weight excluding hydrogens is 366 g/mol. The summed E-state index contributed by atoms with van der Waals surface area (Å²) in [6.07, 6.45) is 6.26. The molecule has 2 N–H and O–H groups in total. The predicted molar refractivity (Wildman–Crippen MR) is 103 cm³/mol. The monoisotopic (exact) mass is 389 g/mol. The highest BCUT2D eigenvalue weighted by molar-refractivity contribution is 7.89. The highest BCUT2D eigenvalue weighted by atomic mass is 32.2. The van der Waals surface area contributed by atoms with Crippen molar-refractivity contribution in [3.8, 4) is 0 Å². The van der Waals surface area contributed by atoms with E-state index in [-0.39, 0.29) is 22.2 Å². The number of H-pyrrole nitrogens is 1. The molecule has 0 bridgehead atoms. The van der Waals surface area contributed by atoms with Crippen LogP contribution in [0.25, 0.3) is 0 Å². The normalized spacial score (nSPS) is 15.6. The molecule has 0 unspecified atom stereocenters. The minimum Gasteiger partial charge on any atom is -0.328 e. The summed E-state index contributed by atoms with van der Waals surface area (Å²) >= 11 is 0. The van der Waals surface area contributed by atoms with Crippen molar-refractivity contribution in [3.63, 3.8) is 0 Å². The van der Waals surface area contributed by atoms with Gasteiger partial charge in [-0.05, 0) is 37.1 Å². The molecule has 0 atom stereocenters. The second-order valence-corrected chi connectivity index (χ2v) is 8.64. The van der Waals surface area contributed by atoms with Crippen LogP contribution in [-0.4, -0.2) is 36.7 Å². The van der Waals surface area contributed by atoms with Gasteiger partial charge in [-0.2, -0.15) is 4.31 Å². The number of carbonyl (C=O) groups excluding carboxylic acids is 1. The van der Waals surface area contributed by atoms with Crippen LogP contribution in [0.15, 0.2) is 52.3 Å². The van der Waals surface area contributed by atoms with Crippen molar-refractivity contribution < 1.29 is 13.2 Å². The van der Waals surface area contributed by atoms with Crippen molar-refractivity contribution in [2.75, 3.05) is 12.4 Å². The van der Waals surface area contributed by atoms with Gasteiger partial charge in [-0.25, -0.2) is 8.42 Å². The van der Waals surface area contributed by atoms with Crippen molar-refractivity contribution in [2.24, 2.45) is 0 Å². The molecule has 1 fully saturated rings. The van der Waals surface area contributed by atoms with Crippen molar-refractivity contribution in [3.05, 3.63) is 58.5 Å². The van der Waals surface area contributed by atoms with Gasteiger partial charge in [0.05, 0.1) is 5.69 Å². The van der Waals surface area contributed by atoms with Crippen LogP contribution in [0.5, 0.6) is 0 Å². The Balaban J connectivity index is 1.90. The SMILES string of the molecule is CN(C1CCCCC1)S(=O)(=O)c1ccccc1NC(=O)c1ccc[nH]c1=O. The number of rotatable bonds is 5. The Morgan fingerprint density at radius 3 is 2.52 bits per heavy atom. The molecule has 0 saturated heterocycles. The van der Waals surface area contributed by atoms with Crippen LogP contribution in [0.4, 0.5) is 5.69 Å². The van der Waals surface area contributed by atoms with E-state index < -0.39 is 21.5 Å². The van der Waals surface area contributed by atoms with E-state index in [9.17, 15) is 18.0 Å². The second kappa shape index (κ2) is 8.06. The lowest BCUT2D eigenvalue weighted by Gasteiger charge is -2.30. The molecule has 1 aromatic carbocycles. The van der Waals surface area contributed by atoms with E-state index in [0.717, 1.165) is 32.1 Å². The Kier molecular flexibility index (Phi) is 5.76. The topological polar surface area (TPSA) is 99.3 Å². The molecule has 1 heterocycles.